The van der Waals surface area contributed by atoms with Gasteiger partial charge in [0.15, 0.2) is 0 Å². The first-order valence-electron chi connectivity index (χ1n) is 12.0. The van der Waals surface area contributed by atoms with E-state index in [9.17, 15) is 4.79 Å². The molecule has 0 radical (unpaired) electrons. The largest absolute Gasteiger partial charge is 0.324 e. The van der Waals surface area contributed by atoms with Crippen LogP contribution in [-0.2, 0) is 4.79 Å². The second kappa shape index (κ2) is 10.2. The van der Waals surface area contributed by atoms with Crippen molar-refractivity contribution in [2.24, 2.45) is 5.92 Å². The molecule has 1 N–H and O–H groups in total. The molecule has 1 aromatic heterocycles. The van der Waals surface area contributed by atoms with E-state index in [0.29, 0.717) is 5.92 Å². The molecule has 2 aliphatic carbocycles. The highest BCUT2D eigenvalue weighted by Gasteiger charge is 2.24. The third kappa shape index (κ3) is 5.18. The van der Waals surface area contributed by atoms with Gasteiger partial charge in [0, 0.05) is 11.3 Å². The first kappa shape index (κ1) is 20.4. The number of carbonyl (C=O) groups excluding carboxylic acids is 1. The van der Waals surface area contributed by atoms with Crippen molar-refractivity contribution in [1.29, 1.82) is 0 Å². The monoisotopic (exact) mass is 392 g/mol. The number of aromatic nitrogens is 1. The van der Waals surface area contributed by atoms with Gasteiger partial charge in [-0.1, -0.05) is 82.4 Å². The van der Waals surface area contributed by atoms with Gasteiger partial charge in [-0.3, -0.25) is 9.78 Å². The Morgan fingerprint density at radius 2 is 1.38 bits per heavy atom. The van der Waals surface area contributed by atoms with Crippen LogP contribution in [0.25, 0.3) is 10.9 Å². The van der Waals surface area contributed by atoms with Gasteiger partial charge in [-0.25, -0.2) is 0 Å². The quantitative estimate of drug-likeness (QED) is 0.593. The molecule has 2 fully saturated rings. The van der Waals surface area contributed by atoms with Gasteiger partial charge in [-0.05, 0) is 43.2 Å². The second-order valence-electron chi connectivity index (χ2n) is 9.18. The first-order chi connectivity index (χ1) is 14.3. The van der Waals surface area contributed by atoms with Crippen LogP contribution >= 0.6 is 0 Å². The lowest BCUT2D eigenvalue weighted by molar-refractivity contribution is -0.120. The summed E-state index contributed by atoms with van der Waals surface area (Å²) < 4.78 is 0. The highest BCUT2D eigenvalue weighted by molar-refractivity contribution is 5.97. The van der Waals surface area contributed by atoms with Gasteiger partial charge in [0.25, 0.3) is 0 Å². The zero-order valence-electron chi connectivity index (χ0n) is 17.8. The third-order valence-corrected chi connectivity index (χ3v) is 7.06. The fourth-order valence-electron chi connectivity index (χ4n) is 5.40. The Bertz CT molecular complexity index is 799. The molecule has 0 atom stereocenters. The van der Waals surface area contributed by atoms with Crippen molar-refractivity contribution < 1.29 is 4.79 Å². The number of amides is 1. The van der Waals surface area contributed by atoms with Crippen LogP contribution in [-0.4, -0.2) is 10.9 Å². The predicted molar refractivity (Wildman–Crippen MR) is 121 cm³/mol. The summed E-state index contributed by atoms with van der Waals surface area (Å²) in [5.74, 6) is 0.902. The van der Waals surface area contributed by atoms with Crippen molar-refractivity contribution >= 4 is 22.5 Å². The predicted octanol–water partition coefficient (Wildman–Crippen LogP) is 7.36. The van der Waals surface area contributed by atoms with Crippen molar-refractivity contribution in [3.63, 3.8) is 0 Å². The van der Waals surface area contributed by atoms with E-state index in [4.69, 9.17) is 4.98 Å². The zero-order chi connectivity index (χ0) is 19.9. The zero-order valence-corrected chi connectivity index (χ0v) is 17.8. The summed E-state index contributed by atoms with van der Waals surface area (Å²) >= 11 is 0. The Morgan fingerprint density at radius 3 is 2.07 bits per heavy atom. The summed E-state index contributed by atoms with van der Waals surface area (Å²) in [7, 11) is 0. The minimum absolute atomic E-state index is 0.159. The van der Waals surface area contributed by atoms with Crippen LogP contribution in [0.15, 0.2) is 30.5 Å². The average molecular weight is 393 g/mol. The molecule has 3 nitrogen and oxygen atoms in total. The Balaban J connectivity index is 1.63. The standard InChI is InChI=1S/C26H36N2O/c29-26(21-15-9-5-2-6-10-16-21)28-24-19-27-23-18-12-11-17-22(23)25(24)20-13-7-3-1-4-8-14-20/h11-12,17-21H,1-10,13-16H2,(H,28,29). The van der Waals surface area contributed by atoms with E-state index < -0.39 is 0 Å². The van der Waals surface area contributed by atoms with Crippen LogP contribution in [0.5, 0.6) is 0 Å². The maximum absolute atomic E-state index is 13.2. The van der Waals surface area contributed by atoms with Crippen molar-refractivity contribution in [3.8, 4) is 0 Å². The summed E-state index contributed by atoms with van der Waals surface area (Å²) in [5, 5.41) is 4.58. The van der Waals surface area contributed by atoms with Crippen molar-refractivity contribution in [2.45, 2.75) is 95.8 Å². The van der Waals surface area contributed by atoms with Crippen LogP contribution in [0.3, 0.4) is 0 Å². The number of fused-ring (bicyclic) bond motifs is 1. The molecule has 2 aliphatic rings. The molecule has 1 amide bonds. The molecule has 0 saturated heterocycles. The van der Waals surface area contributed by atoms with Gasteiger partial charge in [0.2, 0.25) is 5.91 Å². The van der Waals surface area contributed by atoms with Crippen molar-refractivity contribution in [2.75, 3.05) is 5.32 Å². The normalized spacial score (nSPS) is 20.4. The van der Waals surface area contributed by atoms with E-state index in [1.807, 2.05) is 6.20 Å². The Labute approximate surface area is 175 Å². The van der Waals surface area contributed by atoms with Gasteiger partial charge in [0.05, 0.1) is 17.4 Å². The number of para-hydroxylation sites is 1. The molecule has 0 spiro atoms. The smallest absolute Gasteiger partial charge is 0.227 e. The van der Waals surface area contributed by atoms with Gasteiger partial charge in [-0.2, -0.15) is 0 Å². The number of rotatable bonds is 3. The van der Waals surface area contributed by atoms with Gasteiger partial charge >= 0.3 is 0 Å². The van der Waals surface area contributed by atoms with E-state index >= 15 is 0 Å². The number of benzene rings is 1. The molecule has 2 saturated carbocycles. The van der Waals surface area contributed by atoms with Gasteiger partial charge < -0.3 is 5.32 Å². The van der Waals surface area contributed by atoms with E-state index in [1.165, 1.54) is 88.0 Å². The number of nitrogens with zero attached hydrogens (tertiary/aromatic N) is 1. The van der Waals surface area contributed by atoms with Crippen LogP contribution in [0.2, 0.25) is 0 Å². The molecule has 0 bridgehead atoms. The highest BCUT2D eigenvalue weighted by atomic mass is 16.1. The molecule has 3 heteroatoms. The molecule has 1 aromatic carbocycles. The Morgan fingerprint density at radius 1 is 0.793 bits per heavy atom. The second-order valence-corrected chi connectivity index (χ2v) is 9.18. The van der Waals surface area contributed by atoms with Crippen LogP contribution in [0.1, 0.15) is 101 Å². The minimum atomic E-state index is 0.159. The number of anilines is 1. The summed E-state index contributed by atoms with van der Waals surface area (Å²) in [6, 6.07) is 8.46. The molecular weight excluding hydrogens is 356 g/mol. The fraction of sp³-hybridized carbons (Fsp3) is 0.615. The van der Waals surface area contributed by atoms with E-state index in [0.717, 1.165) is 24.0 Å². The van der Waals surface area contributed by atoms with E-state index in [1.54, 1.807) is 0 Å². The maximum Gasteiger partial charge on any atom is 0.227 e. The number of nitrogens with one attached hydrogen (secondary N) is 1. The fourth-order valence-corrected chi connectivity index (χ4v) is 5.40. The molecule has 4 rings (SSSR count). The van der Waals surface area contributed by atoms with Crippen molar-refractivity contribution in [1.82, 2.24) is 4.98 Å². The molecule has 156 valence electrons. The number of pyridine rings is 1. The third-order valence-electron chi connectivity index (χ3n) is 7.06. The Hall–Kier alpha value is -1.90. The van der Waals surface area contributed by atoms with Crippen LogP contribution < -0.4 is 5.32 Å². The molecular formula is C26H36N2O. The maximum atomic E-state index is 13.2. The highest BCUT2D eigenvalue weighted by Crippen LogP contribution is 2.39. The summed E-state index contributed by atoms with van der Waals surface area (Å²) in [4.78, 5) is 17.9. The van der Waals surface area contributed by atoms with Crippen molar-refractivity contribution in [3.05, 3.63) is 36.0 Å². The summed E-state index contributed by atoms with van der Waals surface area (Å²) in [6.07, 6.45) is 19.3. The van der Waals surface area contributed by atoms with Gasteiger partial charge in [-0.15, -0.1) is 0 Å². The number of carbonyl (C=O) groups is 1. The van der Waals surface area contributed by atoms with Crippen LogP contribution in [0.4, 0.5) is 5.69 Å². The van der Waals surface area contributed by atoms with E-state index in [-0.39, 0.29) is 11.8 Å². The average Bonchev–Trinajstić information content (AvgIpc) is 2.68. The lowest BCUT2D eigenvalue weighted by atomic mass is 9.83. The topological polar surface area (TPSA) is 42.0 Å². The SMILES string of the molecule is O=C(Nc1cnc2ccccc2c1C1CCCCCCC1)C1CCCCCCC1. The summed E-state index contributed by atoms with van der Waals surface area (Å²) in [5.41, 5.74) is 3.37. The number of hydrogen-bond acceptors (Lipinski definition) is 2. The molecule has 2 aromatic rings. The van der Waals surface area contributed by atoms with Crippen LogP contribution in [0, 0.1) is 5.92 Å². The first-order valence-corrected chi connectivity index (χ1v) is 12.0. The lowest BCUT2D eigenvalue weighted by Crippen LogP contribution is -2.24. The number of hydrogen-bond donors (Lipinski definition) is 1. The molecule has 1 heterocycles. The molecule has 0 aliphatic heterocycles. The van der Waals surface area contributed by atoms with Gasteiger partial charge in [0.1, 0.15) is 0 Å². The Kier molecular flexibility index (Phi) is 7.18. The summed E-state index contributed by atoms with van der Waals surface area (Å²) in [6.45, 7) is 0. The molecule has 0 unspecified atom stereocenters. The minimum Gasteiger partial charge on any atom is -0.324 e. The lowest BCUT2D eigenvalue weighted by Gasteiger charge is -2.25. The van der Waals surface area contributed by atoms with E-state index in [2.05, 4.69) is 29.6 Å². The molecule has 29 heavy (non-hydrogen) atoms.